The summed E-state index contributed by atoms with van der Waals surface area (Å²) in [6, 6.07) is 4.48. The first-order valence-corrected chi connectivity index (χ1v) is 5.43. The molecule has 18 heavy (non-hydrogen) atoms. The highest BCUT2D eigenvalue weighted by Crippen LogP contribution is 2.26. The van der Waals surface area contributed by atoms with Crippen LogP contribution in [-0.4, -0.2) is 20.9 Å². The minimum Gasteiger partial charge on any atom is -0.478 e. The van der Waals surface area contributed by atoms with Gasteiger partial charge in [-0.05, 0) is 25.1 Å². The van der Waals surface area contributed by atoms with Crippen molar-refractivity contribution in [2.24, 2.45) is 0 Å². The van der Waals surface area contributed by atoms with Gasteiger partial charge >= 0.3 is 5.97 Å². The molecule has 0 bridgehead atoms. The van der Waals surface area contributed by atoms with Gasteiger partial charge in [0.05, 0.1) is 12.4 Å². The minimum absolute atomic E-state index is 0.0271. The highest BCUT2D eigenvalue weighted by atomic mass is 16.5. The number of carbonyl (C=O) groups is 1. The Hall–Kier alpha value is -2.50. The monoisotopic (exact) mass is 247 g/mol. The quantitative estimate of drug-likeness (QED) is 0.806. The van der Waals surface area contributed by atoms with Crippen molar-refractivity contribution in [3.63, 3.8) is 0 Å². The smallest absolute Gasteiger partial charge is 0.339 e. The van der Waals surface area contributed by atoms with Crippen molar-refractivity contribution in [2.45, 2.75) is 13.5 Å². The fraction of sp³-hybridized carbons (Fsp3) is 0.167. The van der Waals surface area contributed by atoms with Crippen LogP contribution in [0.3, 0.4) is 0 Å². The van der Waals surface area contributed by atoms with E-state index in [2.05, 4.69) is 5.10 Å². The lowest BCUT2D eigenvalue weighted by molar-refractivity contribution is 0.0694. The Balaban J connectivity index is 2.30. The first-order chi connectivity index (χ1) is 8.60. The number of carboxylic acid groups (broad SMARTS) is 1. The number of carboxylic acids is 1. The summed E-state index contributed by atoms with van der Waals surface area (Å²) >= 11 is 0. The number of nitrogens with zero attached hydrogens (tertiary/aromatic N) is 2. The molecule has 3 N–H and O–H groups in total. The van der Waals surface area contributed by atoms with Gasteiger partial charge < -0.3 is 15.6 Å². The Bertz CT molecular complexity index is 578. The summed E-state index contributed by atoms with van der Waals surface area (Å²) in [4.78, 5) is 11.1. The molecule has 0 aliphatic heterocycles. The van der Waals surface area contributed by atoms with Crippen molar-refractivity contribution in [3.8, 4) is 11.5 Å². The number of aryl methyl sites for hydroxylation is 1. The molecule has 1 aromatic heterocycles. The molecule has 0 saturated carbocycles. The van der Waals surface area contributed by atoms with Crippen molar-refractivity contribution in [3.05, 3.63) is 36.2 Å². The van der Waals surface area contributed by atoms with Crippen LogP contribution in [0.2, 0.25) is 0 Å². The predicted molar refractivity (Wildman–Crippen MR) is 65.8 cm³/mol. The van der Waals surface area contributed by atoms with Crippen LogP contribution in [0.25, 0.3) is 0 Å². The maximum Gasteiger partial charge on any atom is 0.339 e. The van der Waals surface area contributed by atoms with E-state index in [1.54, 1.807) is 16.9 Å². The normalized spacial score (nSPS) is 10.3. The third kappa shape index (κ3) is 2.42. The number of hydrogen-bond donors (Lipinski definition) is 2. The van der Waals surface area contributed by atoms with Crippen LogP contribution in [-0.2, 0) is 6.54 Å². The summed E-state index contributed by atoms with van der Waals surface area (Å²) in [5.74, 6) is -0.350. The van der Waals surface area contributed by atoms with Gasteiger partial charge in [0.1, 0.15) is 11.3 Å². The molecular weight excluding hydrogens is 234 g/mol. The van der Waals surface area contributed by atoms with Crippen LogP contribution >= 0.6 is 0 Å². The number of nitrogen functional groups attached to an aromatic ring is 1. The van der Waals surface area contributed by atoms with Crippen molar-refractivity contribution in [1.82, 2.24) is 9.78 Å². The molecule has 1 heterocycles. The van der Waals surface area contributed by atoms with Crippen LogP contribution in [0.5, 0.6) is 11.5 Å². The fourth-order valence-corrected chi connectivity index (χ4v) is 1.50. The molecule has 2 rings (SSSR count). The van der Waals surface area contributed by atoms with E-state index in [0.29, 0.717) is 11.4 Å². The van der Waals surface area contributed by atoms with E-state index in [1.165, 1.54) is 18.3 Å². The minimum atomic E-state index is -1.08. The number of rotatable bonds is 4. The summed E-state index contributed by atoms with van der Waals surface area (Å²) in [6.45, 7) is 2.67. The van der Waals surface area contributed by atoms with Crippen molar-refractivity contribution in [2.75, 3.05) is 5.73 Å². The molecule has 6 heteroatoms. The summed E-state index contributed by atoms with van der Waals surface area (Å²) in [5.41, 5.74) is 5.95. The number of aromatic carboxylic acids is 1. The van der Waals surface area contributed by atoms with E-state index in [4.69, 9.17) is 15.6 Å². The van der Waals surface area contributed by atoms with E-state index in [9.17, 15) is 4.79 Å². The van der Waals surface area contributed by atoms with Crippen molar-refractivity contribution in [1.29, 1.82) is 0 Å². The zero-order valence-corrected chi connectivity index (χ0v) is 9.83. The molecule has 0 spiro atoms. The average molecular weight is 247 g/mol. The van der Waals surface area contributed by atoms with E-state index in [-0.39, 0.29) is 11.3 Å². The second-order valence-corrected chi connectivity index (χ2v) is 3.69. The Morgan fingerprint density at radius 2 is 2.33 bits per heavy atom. The molecule has 6 nitrogen and oxygen atoms in total. The fourth-order valence-electron chi connectivity index (χ4n) is 1.50. The number of aromatic nitrogens is 2. The molecule has 0 atom stereocenters. The van der Waals surface area contributed by atoms with Gasteiger partial charge in [-0.25, -0.2) is 4.79 Å². The number of benzene rings is 1. The van der Waals surface area contributed by atoms with Gasteiger partial charge in [0.25, 0.3) is 0 Å². The third-order valence-electron chi connectivity index (χ3n) is 2.40. The molecule has 94 valence electrons. The van der Waals surface area contributed by atoms with E-state index >= 15 is 0 Å². The van der Waals surface area contributed by atoms with Gasteiger partial charge in [0, 0.05) is 12.2 Å². The SMILES string of the molecule is CCn1cc(Oc2ccc(N)cc2C(=O)O)cn1. The Morgan fingerprint density at radius 3 is 2.94 bits per heavy atom. The Morgan fingerprint density at radius 1 is 1.56 bits per heavy atom. The van der Waals surface area contributed by atoms with Gasteiger partial charge in [-0.3, -0.25) is 4.68 Å². The van der Waals surface area contributed by atoms with Crippen LogP contribution in [0, 0.1) is 0 Å². The first kappa shape index (κ1) is 12.0. The van der Waals surface area contributed by atoms with Gasteiger partial charge in [0.15, 0.2) is 5.75 Å². The van der Waals surface area contributed by atoms with Crippen molar-refractivity contribution < 1.29 is 14.6 Å². The van der Waals surface area contributed by atoms with Crippen LogP contribution in [0.1, 0.15) is 17.3 Å². The van der Waals surface area contributed by atoms with Crippen molar-refractivity contribution >= 4 is 11.7 Å². The molecule has 0 aliphatic rings. The first-order valence-electron chi connectivity index (χ1n) is 5.43. The third-order valence-corrected chi connectivity index (χ3v) is 2.40. The Kier molecular flexibility index (Phi) is 3.18. The maximum atomic E-state index is 11.1. The second kappa shape index (κ2) is 4.79. The number of nitrogens with two attached hydrogens (primary N) is 1. The number of anilines is 1. The topological polar surface area (TPSA) is 90.4 Å². The average Bonchev–Trinajstić information content (AvgIpc) is 2.79. The highest BCUT2D eigenvalue weighted by molar-refractivity contribution is 5.92. The van der Waals surface area contributed by atoms with Gasteiger partial charge in [-0.1, -0.05) is 0 Å². The summed E-state index contributed by atoms with van der Waals surface area (Å²) in [5, 5.41) is 13.1. The van der Waals surface area contributed by atoms with Crippen LogP contribution in [0.4, 0.5) is 5.69 Å². The lowest BCUT2D eigenvalue weighted by Crippen LogP contribution is -2.01. The molecule has 0 aliphatic carbocycles. The van der Waals surface area contributed by atoms with Crippen LogP contribution in [0.15, 0.2) is 30.6 Å². The highest BCUT2D eigenvalue weighted by Gasteiger charge is 2.13. The lowest BCUT2D eigenvalue weighted by atomic mass is 10.2. The maximum absolute atomic E-state index is 11.1. The molecular formula is C12H13N3O3. The molecule has 0 fully saturated rings. The Labute approximate surface area is 104 Å². The summed E-state index contributed by atoms with van der Waals surface area (Å²) in [6.07, 6.45) is 3.23. The molecule has 2 aromatic rings. The zero-order chi connectivity index (χ0) is 13.1. The van der Waals surface area contributed by atoms with Crippen LogP contribution < -0.4 is 10.5 Å². The van der Waals surface area contributed by atoms with Gasteiger partial charge in [0.2, 0.25) is 0 Å². The second-order valence-electron chi connectivity index (χ2n) is 3.69. The molecule has 0 unspecified atom stereocenters. The summed E-state index contributed by atoms with van der Waals surface area (Å²) in [7, 11) is 0. The van der Waals surface area contributed by atoms with E-state index < -0.39 is 5.97 Å². The summed E-state index contributed by atoms with van der Waals surface area (Å²) < 4.78 is 7.18. The molecule has 1 aromatic carbocycles. The lowest BCUT2D eigenvalue weighted by Gasteiger charge is -2.07. The zero-order valence-electron chi connectivity index (χ0n) is 9.83. The molecule has 0 amide bonds. The molecule has 0 radical (unpaired) electrons. The van der Waals surface area contributed by atoms with E-state index in [1.807, 2.05) is 6.92 Å². The number of ether oxygens (including phenoxy) is 1. The van der Waals surface area contributed by atoms with E-state index in [0.717, 1.165) is 6.54 Å². The van der Waals surface area contributed by atoms with Gasteiger partial charge in [-0.2, -0.15) is 5.10 Å². The largest absolute Gasteiger partial charge is 0.478 e. The van der Waals surface area contributed by atoms with Gasteiger partial charge in [-0.15, -0.1) is 0 Å². The predicted octanol–water partition coefficient (Wildman–Crippen LogP) is 1.98. The standard InChI is InChI=1S/C12H13N3O3/c1-2-15-7-9(6-14-15)18-11-4-3-8(13)5-10(11)12(16)17/h3-7H,2,13H2,1H3,(H,16,17). The number of hydrogen-bond acceptors (Lipinski definition) is 4. The molecule has 0 saturated heterocycles.